The van der Waals surface area contributed by atoms with Gasteiger partial charge in [-0.1, -0.05) is 32.0 Å². The van der Waals surface area contributed by atoms with Crippen molar-refractivity contribution in [2.24, 2.45) is 5.92 Å². The molecule has 3 rings (SSSR count). The largest absolute Gasteiger partial charge is 0.530 e. The third kappa shape index (κ3) is 4.54. The maximum atomic E-state index is 13.0. The first-order valence-corrected chi connectivity index (χ1v) is 8.92. The number of phosphoric acid groups is 1. The van der Waals surface area contributed by atoms with Gasteiger partial charge in [0.1, 0.15) is 24.1 Å². The van der Waals surface area contributed by atoms with Crippen molar-refractivity contribution in [3.63, 3.8) is 0 Å². The number of para-hydroxylation sites is 1. The first-order chi connectivity index (χ1) is 10.6. The topological polar surface area (TPSA) is 69.8 Å². The van der Waals surface area contributed by atoms with Crippen molar-refractivity contribution in [3.8, 4) is 5.75 Å². The van der Waals surface area contributed by atoms with Gasteiger partial charge in [-0.2, -0.15) is 0 Å². The highest BCUT2D eigenvalue weighted by Crippen LogP contribution is 2.53. The summed E-state index contributed by atoms with van der Waals surface area (Å²) in [4.78, 5) is 0. The molecule has 4 unspecified atom stereocenters. The third-order valence-corrected chi connectivity index (χ3v) is 4.82. The molecule has 1 aromatic carbocycles. The summed E-state index contributed by atoms with van der Waals surface area (Å²) in [5, 5.41) is 0. The SMILES string of the molecule is CC(C)C(OP(=O)(OCC1CO1)Oc1ccccc1)C1CO1. The van der Waals surface area contributed by atoms with Crippen LogP contribution in [0, 0.1) is 5.92 Å². The van der Waals surface area contributed by atoms with Crippen molar-refractivity contribution >= 4 is 7.82 Å². The lowest BCUT2D eigenvalue weighted by Gasteiger charge is -2.25. The Morgan fingerprint density at radius 3 is 2.45 bits per heavy atom. The number of ether oxygens (including phenoxy) is 2. The lowest BCUT2D eigenvalue weighted by Crippen LogP contribution is -2.26. The molecule has 2 heterocycles. The van der Waals surface area contributed by atoms with Crippen LogP contribution in [-0.4, -0.2) is 38.1 Å². The lowest BCUT2D eigenvalue weighted by molar-refractivity contribution is 0.0609. The highest BCUT2D eigenvalue weighted by molar-refractivity contribution is 7.49. The van der Waals surface area contributed by atoms with E-state index in [1.807, 2.05) is 19.9 Å². The van der Waals surface area contributed by atoms with Crippen LogP contribution in [0.25, 0.3) is 0 Å². The summed E-state index contributed by atoms with van der Waals surface area (Å²) in [7, 11) is -3.74. The Morgan fingerprint density at radius 1 is 1.23 bits per heavy atom. The van der Waals surface area contributed by atoms with Gasteiger partial charge < -0.3 is 14.0 Å². The molecule has 0 saturated carbocycles. The van der Waals surface area contributed by atoms with E-state index >= 15 is 0 Å². The predicted octanol–water partition coefficient (Wildman–Crippen LogP) is 3.03. The molecule has 2 fully saturated rings. The van der Waals surface area contributed by atoms with Gasteiger partial charge in [-0.3, -0.25) is 9.05 Å². The molecule has 2 aliphatic rings. The number of hydrogen-bond donors (Lipinski definition) is 0. The maximum Gasteiger partial charge on any atom is 0.530 e. The third-order valence-electron chi connectivity index (χ3n) is 3.41. The number of hydrogen-bond acceptors (Lipinski definition) is 6. The van der Waals surface area contributed by atoms with Gasteiger partial charge in [-0.05, 0) is 18.1 Å². The molecule has 2 aliphatic heterocycles. The molecule has 0 bridgehead atoms. The van der Waals surface area contributed by atoms with Crippen molar-refractivity contribution in [1.82, 2.24) is 0 Å². The van der Waals surface area contributed by atoms with Crippen molar-refractivity contribution < 1.29 is 27.6 Å². The Labute approximate surface area is 130 Å². The molecule has 0 radical (unpaired) electrons. The van der Waals surface area contributed by atoms with Gasteiger partial charge in [-0.25, -0.2) is 4.57 Å². The van der Waals surface area contributed by atoms with E-state index < -0.39 is 7.82 Å². The molecule has 0 aliphatic carbocycles. The van der Waals surface area contributed by atoms with Crippen LogP contribution in [-0.2, 0) is 23.1 Å². The van der Waals surface area contributed by atoms with E-state index in [9.17, 15) is 4.57 Å². The molecule has 0 amide bonds. The molecule has 0 spiro atoms. The highest BCUT2D eigenvalue weighted by atomic mass is 31.2. The average Bonchev–Trinajstić information content (AvgIpc) is 3.38. The number of epoxide rings is 2. The molecule has 4 atom stereocenters. The van der Waals surface area contributed by atoms with Gasteiger partial charge in [0.15, 0.2) is 0 Å². The Kier molecular flexibility index (Phi) is 4.85. The van der Waals surface area contributed by atoms with Crippen molar-refractivity contribution in [2.75, 3.05) is 19.8 Å². The van der Waals surface area contributed by atoms with Gasteiger partial charge in [-0.15, -0.1) is 0 Å². The summed E-state index contributed by atoms with van der Waals surface area (Å²) in [5.74, 6) is 0.586. The summed E-state index contributed by atoms with van der Waals surface area (Å²) >= 11 is 0. The van der Waals surface area contributed by atoms with E-state index in [4.69, 9.17) is 23.0 Å². The average molecular weight is 328 g/mol. The monoisotopic (exact) mass is 328 g/mol. The summed E-state index contributed by atoms with van der Waals surface area (Å²) in [6, 6.07) is 8.88. The summed E-state index contributed by atoms with van der Waals surface area (Å²) in [6.45, 7) is 5.40. The molecule has 0 aromatic heterocycles. The standard InChI is InChI=1S/C15H21O6P/c1-11(2)15(14-10-18-14)21-22(16,19-9-13-8-17-13)20-12-6-4-3-5-7-12/h3-7,11,13-15H,8-10H2,1-2H3. The molecule has 2 saturated heterocycles. The fourth-order valence-corrected chi connectivity index (χ4v) is 3.60. The minimum Gasteiger partial charge on any atom is -0.404 e. The van der Waals surface area contributed by atoms with E-state index in [1.165, 1.54) is 0 Å². The van der Waals surface area contributed by atoms with Crippen LogP contribution in [0.5, 0.6) is 5.75 Å². The van der Waals surface area contributed by atoms with Crippen LogP contribution in [0.15, 0.2) is 30.3 Å². The second kappa shape index (κ2) is 6.69. The van der Waals surface area contributed by atoms with E-state index in [2.05, 4.69) is 0 Å². The van der Waals surface area contributed by atoms with Gasteiger partial charge >= 0.3 is 7.82 Å². The summed E-state index contributed by atoms with van der Waals surface area (Å²) in [6.07, 6.45) is -0.394. The summed E-state index contributed by atoms with van der Waals surface area (Å²) < 4.78 is 40.1. The number of rotatable bonds is 9. The maximum absolute atomic E-state index is 13.0. The fourth-order valence-electron chi connectivity index (χ4n) is 2.04. The second-order valence-corrected chi connectivity index (χ2v) is 7.33. The van der Waals surface area contributed by atoms with Gasteiger partial charge in [0.25, 0.3) is 0 Å². The zero-order valence-electron chi connectivity index (χ0n) is 12.7. The van der Waals surface area contributed by atoms with Gasteiger partial charge in [0.05, 0.1) is 19.8 Å². The van der Waals surface area contributed by atoms with E-state index in [0.717, 1.165) is 0 Å². The number of benzene rings is 1. The summed E-state index contributed by atoms with van der Waals surface area (Å²) in [5.41, 5.74) is 0. The highest BCUT2D eigenvalue weighted by Gasteiger charge is 2.43. The van der Waals surface area contributed by atoms with Crippen LogP contribution in [0.2, 0.25) is 0 Å². The molecule has 0 N–H and O–H groups in total. The van der Waals surface area contributed by atoms with Crippen molar-refractivity contribution in [3.05, 3.63) is 30.3 Å². The van der Waals surface area contributed by atoms with Crippen molar-refractivity contribution in [2.45, 2.75) is 32.2 Å². The van der Waals surface area contributed by atoms with Crippen LogP contribution in [0.1, 0.15) is 13.8 Å². The van der Waals surface area contributed by atoms with E-state index in [-0.39, 0.29) is 30.8 Å². The smallest absolute Gasteiger partial charge is 0.404 e. The van der Waals surface area contributed by atoms with Gasteiger partial charge in [0, 0.05) is 0 Å². The lowest BCUT2D eigenvalue weighted by atomic mass is 10.1. The van der Waals surface area contributed by atoms with Crippen LogP contribution >= 0.6 is 7.82 Å². The van der Waals surface area contributed by atoms with Crippen LogP contribution in [0.4, 0.5) is 0 Å². The second-order valence-electron chi connectivity index (χ2n) is 5.79. The zero-order chi connectivity index (χ0) is 15.6. The molecule has 6 nitrogen and oxygen atoms in total. The zero-order valence-corrected chi connectivity index (χ0v) is 13.6. The molecule has 1 aromatic rings. The quantitative estimate of drug-likeness (QED) is 0.513. The van der Waals surface area contributed by atoms with E-state index in [0.29, 0.717) is 19.0 Å². The Morgan fingerprint density at radius 2 is 1.91 bits per heavy atom. The van der Waals surface area contributed by atoms with Gasteiger partial charge in [0.2, 0.25) is 0 Å². The predicted molar refractivity (Wildman–Crippen MR) is 79.8 cm³/mol. The van der Waals surface area contributed by atoms with E-state index in [1.54, 1.807) is 24.3 Å². The van der Waals surface area contributed by atoms with Crippen molar-refractivity contribution in [1.29, 1.82) is 0 Å². The molecular weight excluding hydrogens is 307 g/mol. The minimum absolute atomic E-state index is 0.0222. The van der Waals surface area contributed by atoms with Crippen LogP contribution in [0.3, 0.4) is 0 Å². The Hall–Kier alpha value is -0.910. The van der Waals surface area contributed by atoms with Crippen LogP contribution < -0.4 is 4.52 Å². The molecular formula is C15H21O6P. The fraction of sp³-hybridized carbons (Fsp3) is 0.600. The Balaban J connectivity index is 1.70. The number of phosphoric ester groups is 1. The Bertz CT molecular complexity index is 524. The normalized spacial score (nSPS) is 27.2. The molecule has 122 valence electrons. The first kappa shape index (κ1) is 16.0. The minimum atomic E-state index is -3.74. The molecule has 22 heavy (non-hydrogen) atoms. The molecule has 7 heteroatoms. The first-order valence-electron chi connectivity index (χ1n) is 7.46.